The van der Waals surface area contributed by atoms with Gasteiger partial charge in [0.05, 0.1) is 5.92 Å². The summed E-state index contributed by atoms with van der Waals surface area (Å²) in [5.74, 6) is -0.0768. The normalized spacial score (nSPS) is 16.9. The average Bonchev–Trinajstić information content (AvgIpc) is 3.05. The first-order chi connectivity index (χ1) is 12.9. The maximum Gasteiger partial charge on any atom is 0.229 e. The maximum absolute atomic E-state index is 12.9. The van der Waals surface area contributed by atoms with E-state index in [-0.39, 0.29) is 24.2 Å². The number of hydrogen-bond donors (Lipinski definition) is 1. The molecule has 1 aliphatic heterocycles. The van der Waals surface area contributed by atoms with E-state index in [9.17, 15) is 9.59 Å². The van der Waals surface area contributed by atoms with Crippen molar-refractivity contribution in [3.8, 4) is 0 Å². The summed E-state index contributed by atoms with van der Waals surface area (Å²) in [6.45, 7) is 8.76. The van der Waals surface area contributed by atoms with Crippen molar-refractivity contribution in [1.29, 1.82) is 0 Å². The highest BCUT2D eigenvalue weighted by atomic mass is 16.2. The highest BCUT2D eigenvalue weighted by molar-refractivity contribution is 6.04. The molecular weight excluding hydrogens is 336 g/mol. The standard InChI is InChI=1S/C23H28N2O2/c1-5-17-9-7-10-19(12-17)25-14-18(13-21(25)26)23(27)24-22-16(4)8-6-11-20(22)15(2)3/h6-12,15,18H,5,13-14H2,1-4H3,(H,24,27)/t18-/m1/s1. The Morgan fingerprint density at radius 2 is 1.96 bits per heavy atom. The number of para-hydroxylation sites is 1. The Balaban J connectivity index is 1.77. The van der Waals surface area contributed by atoms with Crippen molar-refractivity contribution in [2.75, 3.05) is 16.8 Å². The summed E-state index contributed by atoms with van der Waals surface area (Å²) in [5, 5.41) is 3.10. The van der Waals surface area contributed by atoms with E-state index in [1.54, 1.807) is 4.90 Å². The molecule has 0 saturated carbocycles. The molecule has 2 aromatic rings. The zero-order valence-corrected chi connectivity index (χ0v) is 16.6. The van der Waals surface area contributed by atoms with Gasteiger partial charge in [0.2, 0.25) is 11.8 Å². The van der Waals surface area contributed by atoms with Gasteiger partial charge in [-0.2, -0.15) is 0 Å². The molecule has 142 valence electrons. The molecule has 0 unspecified atom stereocenters. The van der Waals surface area contributed by atoms with Crippen LogP contribution in [-0.2, 0) is 16.0 Å². The summed E-state index contributed by atoms with van der Waals surface area (Å²) >= 11 is 0. The molecule has 1 fully saturated rings. The summed E-state index contributed by atoms with van der Waals surface area (Å²) in [6.07, 6.45) is 1.18. The van der Waals surface area contributed by atoms with E-state index in [1.807, 2.05) is 37.3 Å². The van der Waals surface area contributed by atoms with Crippen molar-refractivity contribution < 1.29 is 9.59 Å². The zero-order chi connectivity index (χ0) is 19.6. The molecule has 1 atom stereocenters. The van der Waals surface area contributed by atoms with E-state index in [0.717, 1.165) is 28.9 Å². The summed E-state index contributed by atoms with van der Waals surface area (Å²) in [7, 11) is 0. The molecule has 0 bridgehead atoms. The number of aryl methyl sites for hydroxylation is 2. The fourth-order valence-electron chi connectivity index (χ4n) is 3.64. The minimum atomic E-state index is -0.331. The number of amides is 2. The largest absolute Gasteiger partial charge is 0.325 e. The van der Waals surface area contributed by atoms with Crippen molar-refractivity contribution >= 4 is 23.2 Å². The molecule has 1 aliphatic rings. The number of nitrogens with zero attached hydrogens (tertiary/aromatic N) is 1. The lowest BCUT2D eigenvalue weighted by Gasteiger charge is -2.19. The third-order valence-corrected chi connectivity index (χ3v) is 5.30. The van der Waals surface area contributed by atoms with Crippen LogP contribution >= 0.6 is 0 Å². The van der Waals surface area contributed by atoms with Crippen molar-refractivity contribution in [2.45, 2.75) is 46.5 Å². The van der Waals surface area contributed by atoms with Crippen molar-refractivity contribution in [3.05, 3.63) is 59.2 Å². The molecule has 2 aromatic carbocycles. The molecule has 0 aromatic heterocycles. The predicted octanol–water partition coefficient (Wildman–Crippen LogP) is 4.67. The monoisotopic (exact) mass is 364 g/mol. The lowest BCUT2D eigenvalue weighted by atomic mass is 9.97. The van der Waals surface area contributed by atoms with Crippen LogP contribution in [0, 0.1) is 12.8 Å². The molecule has 0 spiro atoms. The second-order valence-electron chi connectivity index (χ2n) is 7.61. The third kappa shape index (κ3) is 4.05. The summed E-state index contributed by atoms with van der Waals surface area (Å²) < 4.78 is 0. The highest BCUT2D eigenvalue weighted by Gasteiger charge is 2.35. The number of carbonyl (C=O) groups is 2. The molecule has 27 heavy (non-hydrogen) atoms. The van der Waals surface area contributed by atoms with Crippen LogP contribution in [-0.4, -0.2) is 18.4 Å². The van der Waals surface area contributed by atoms with Gasteiger partial charge in [-0.15, -0.1) is 0 Å². The van der Waals surface area contributed by atoms with Gasteiger partial charge in [-0.1, -0.05) is 51.1 Å². The van der Waals surface area contributed by atoms with E-state index < -0.39 is 0 Å². The Kier molecular flexibility index (Phi) is 5.64. The lowest BCUT2D eigenvalue weighted by Crippen LogP contribution is -2.28. The van der Waals surface area contributed by atoms with E-state index in [2.05, 4.69) is 38.2 Å². The molecular formula is C23H28N2O2. The van der Waals surface area contributed by atoms with Gasteiger partial charge >= 0.3 is 0 Å². The van der Waals surface area contributed by atoms with Crippen LogP contribution in [0.3, 0.4) is 0 Å². The van der Waals surface area contributed by atoms with Gasteiger partial charge < -0.3 is 10.2 Å². The van der Waals surface area contributed by atoms with Crippen LogP contribution in [0.1, 0.15) is 49.8 Å². The van der Waals surface area contributed by atoms with Crippen LogP contribution in [0.2, 0.25) is 0 Å². The number of carbonyl (C=O) groups excluding carboxylic acids is 2. The van der Waals surface area contributed by atoms with Crippen molar-refractivity contribution in [2.24, 2.45) is 5.92 Å². The molecule has 4 heteroatoms. The van der Waals surface area contributed by atoms with E-state index in [4.69, 9.17) is 0 Å². The van der Waals surface area contributed by atoms with Gasteiger partial charge in [0.1, 0.15) is 0 Å². The summed E-state index contributed by atoms with van der Waals surface area (Å²) in [5.41, 5.74) is 5.13. The Hall–Kier alpha value is -2.62. The average molecular weight is 364 g/mol. The van der Waals surface area contributed by atoms with E-state index in [0.29, 0.717) is 12.5 Å². The Morgan fingerprint density at radius 3 is 2.67 bits per heavy atom. The number of benzene rings is 2. The van der Waals surface area contributed by atoms with E-state index in [1.165, 1.54) is 5.56 Å². The fraction of sp³-hybridized carbons (Fsp3) is 0.391. The van der Waals surface area contributed by atoms with Gasteiger partial charge in [-0.3, -0.25) is 9.59 Å². The minimum absolute atomic E-state index is 0.0114. The first-order valence-electron chi connectivity index (χ1n) is 9.70. The molecule has 1 saturated heterocycles. The fourth-order valence-corrected chi connectivity index (χ4v) is 3.64. The zero-order valence-electron chi connectivity index (χ0n) is 16.6. The first kappa shape index (κ1) is 19.2. The molecule has 4 nitrogen and oxygen atoms in total. The minimum Gasteiger partial charge on any atom is -0.325 e. The number of rotatable bonds is 5. The molecule has 0 aliphatic carbocycles. The van der Waals surface area contributed by atoms with Gasteiger partial charge in [0.15, 0.2) is 0 Å². The second-order valence-corrected chi connectivity index (χ2v) is 7.61. The van der Waals surface area contributed by atoms with Crippen LogP contribution < -0.4 is 10.2 Å². The maximum atomic E-state index is 12.9. The Bertz CT molecular complexity index is 857. The smallest absolute Gasteiger partial charge is 0.229 e. The first-order valence-corrected chi connectivity index (χ1v) is 9.70. The Morgan fingerprint density at radius 1 is 1.22 bits per heavy atom. The van der Waals surface area contributed by atoms with E-state index >= 15 is 0 Å². The number of nitrogens with one attached hydrogen (secondary N) is 1. The number of hydrogen-bond acceptors (Lipinski definition) is 2. The lowest BCUT2D eigenvalue weighted by molar-refractivity contribution is -0.122. The third-order valence-electron chi connectivity index (χ3n) is 5.30. The van der Waals surface area contributed by atoms with Gasteiger partial charge in [0.25, 0.3) is 0 Å². The molecule has 3 rings (SSSR count). The molecule has 2 amide bonds. The van der Waals surface area contributed by atoms with Crippen LogP contribution in [0.15, 0.2) is 42.5 Å². The van der Waals surface area contributed by atoms with Crippen molar-refractivity contribution in [1.82, 2.24) is 0 Å². The van der Waals surface area contributed by atoms with Gasteiger partial charge in [-0.05, 0) is 48.1 Å². The SMILES string of the molecule is CCc1cccc(N2C[C@H](C(=O)Nc3c(C)cccc3C(C)C)CC2=O)c1. The predicted molar refractivity (Wildman–Crippen MR) is 110 cm³/mol. The van der Waals surface area contributed by atoms with Crippen LogP contribution in [0.4, 0.5) is 11.4 Å². The van der Waals surface area contributed by atoms with Gasteiger partial charge in [-0.25, -0.2) is 0 Å². The number of anilines is 2. The molecule has 1 heterocycles. The summed E-state index contributed by atoms with van der Waals surface area (Å²) in [4.78, 5) is 27.2. The van der Waals surface area contributed by atoms with Crippen LogP contribution in [0.5, 0.6) is 0 Å². The molecule has 1 N–H and O–H groups in total. The van der Waals surface area contributed by atoms with Crippen molar-refractivity contribution in [3.63, 3.8) is 0 Å². The topological polar surface area (TPSA) is 49.4 Å². The van der Waals surface area contributed by atoms with Gasteiger partial charge in [0, 0.05) is 24.3 Å². The summed E-state index contributed by atoms with van der Waals surface area (Å²) in [6, 6.07) is 14.1. The second kappa shape index (κ2) is 7.95. The molecule has 0 radical (unpaired) electrons. The highest BCUT2D eigenvalue weighted by Crippen LogP contribution is 2.30. The Labute approximate surface area is 161 Å². The van der Waals surface area contributed by atoms with Crippen LogP contribution in [0.25, 0.3) is 0 Å². The quantitative estimate of drug-likeness (QED) is 0.838.